The number of hydrogen-bond donors (Lipinski definition) is 2. The van der Waals surface area contributed by atoms with Gasteiger partial charge >= 0.3 is 0 Å². The van der Waals surface area contributed by atoms with Crippen LogP contribution in [0.15, 0.2) is 42.6 Å². The SMILES string of the molecule is O=C(Cc1ccc(O)cc1)c1cccn1C1CCNCC1. The van der Waals surface area contributed by atoms with E-state index in [4.69, 9.17) is 0 Å². The molecular weight excluding hydrogens is 264 g/mol. The fourth-order valence-electron chi connectivity index (χ4n) is 2.92. The molecule has 1 saturated heterocycles. The molecule has 1 aromatic carbocycles. The van der Waals surface area contributed by atoms with Gasteiger partial charge in [0, 0.05) is 18.7 Å². The number of benzene rings is 1. The summed E-state index contributed by atoms with van der Waals surface area (Å²) in [5.74, 6) is 0.355. The van der Waals surface area contributed by atoms with E-state index >= 15 is 0 Å². The third-order valence-corrected chi connectivity index (χ3v) is 4.07. The second kappa shape index (κ2) is 6.14. The van der Waals surface area contributed by atoms with Gasteiger partial charge in [0.25, 0.3) is 0 Å². The molecule has 3 rings (SSSR count). The van der Waals surface area contributed by atoms with Gasteiger partial charge in [0.2, 0.25) is 0 Å². The number of carbonyl (C=O) groups excluding carboxylic acids is 1. The molecule has 1 aliphatic heterocycles. The number of phenolic OH excluding ortho intramolecular Hbond substituents is 1. The zero-order valence-electron chi connectivity index (χ0n) is 12.0. The number of Topliss-reactive ketones (excluding diaryl/α,β-unsaturated/α-hetero) is 1. The van der Waals surface area contributed by atoms with Gasteiger partial charge in [-0.15, -0.1) is 0 Å². The van der Waals surface area contributed by atoms with Crippen LogP contribution in [0, 0.1) is 0 Å². The normalized spacial score (nSPS) is 16.0. The van der Waals surface area contributed by atoms with Gasteiger partial charge in [-0.05, 0) is 55.8 Å². The van der Waals surface area contributed by atoms with Gasteiger partial charge < -0.3 is 15.0 Å². The summed E-state index contributed by atoms with van der Waals surface area (Å²) in [6.07, 6.45) is 4.51. The summed E-state index contributed by atoms with van der Waals surface area (Å²) in [7, 11) is 0. The molecule has 0 unspecified atom stereocenters. The molecule has 0 spiro atoms. The molecule has 2 heterocycles. The van der Waals surface area contributed by atoms with Crippen LogP contribution in [-0.4, -0.2) is 28.5 Å². The van der Waals surface area contributed by atoms with Crippen LogP contribution < -0.4 is 5.32 Å². The third kappa shape index (κ3) is 3.16. The van der Waals surface area contributed by atoms with Crippen molar-refractivity contribution in [2.75, 3.05) is 13.1 Å². The molecular formula is C17H20N2O2. The number of nitrogens with zero attached hydrogens (tertiary/aromatic N) is 1. The minimum atomic E-state index is 0.129. The second-order valence-corrected chi connectivity index (χ2v) is 5.55. The number of aromatic nitrogens is 1. The zero-order valence-corrected chi connectivity index (χ0v) is 12.0. The van der Waals surface area contributed by atoms with E-state index in [9.17, 15) is 9.90 Å². The van der Waals surface area contributed by atoms with Crippen molar-refractivity contribution in [2.45, 2.75) is 25.3 Å². The maximum Gasteiger partial charge on any atom is 0.183 e. The van der Waals surface area contributed by atoms with Crippen LogP contribution in [0.1, 0.15) is 34.9 Å². The molecule has 0 aliphatic carbocycles. The van der Waals surface area contributed by atoms with Crippen molar-refractivity contribution in [2.24, 2.45) is 0 Å². The van der Waals surface area contributed by atoms with Crippen LogP contribution in [-0.2, 0) is 6.42 Å². The van der Waals surface area contributed by atoms with E-state index in [1.807, 2.05) is 18.3 Å². The van der Waals surface area contributed by atoms with Crippen LogP contribution >= 0.6 is 0 Å². The summed E-state index contributed by atoms with van der Waals surface area (Å²) in [4.78, 5) is 12.5. The molecule has 110 valence electrons. The first-order chi connectivity index (χ1) is 10.2. The highest BCUT2D eigenvalue weighted by Gasteiger charge is 2.19. The molecule has 2 N–H and O–H groups in total. The van der Waals surface area contributed by atoms with Crippen molar-refractivity contribution in [3.05, 3.63) is 53.9 Å². The molecule has 1 aromatic heterocycles. The number of carbonyl (C=O) groups is 1. The second-order valence-electron chi connectivity index (χ2n) is 5.55. The van der Waals surface area contributed by atoms with E-state index < -0.39 is 0 Å². The fraction of sp³-hybridized carbons (Fsp3) is 0.353. The van der Waals surface area contributed by atoms with Crippen LogP contribution in [0.25, 0.3) is 0 Å². The lowest BCUT2D eigenvalue weighted by Crippen LogP contribution is -2.30. The Bertz CT molecular complexity index is 610. The number of rotatable bonds is 4. The summed E-state index contributed by atoms with van der Waals surface area (Å²) in [5.41, 5.74) is 1.71. The minimum absolute atomic E-state index is 0.129. The maximum atomic E-state index is 12.5. The zero-order chi connectivity index (χ0) is 14.7. The largest absolute Gasteiger partial charge is 0.508 e. The summed E-state index contributed by atoms with van der Waals surface area (Å²) in [6.45, 7) is 2.02. The summed E-state index contributed by atoms with van der Waals surface area (Å²) in [5, 5.41) is 12.6. The van der Waals surface area contributed by atoms with Gasteiger partial charge in [-0.3, -0.25) is 4.79 Å². The Morgan fingerprint density at radius 1 is 1.19 bits per heavy atom. The predicted molar refractivity (Wildman–Crippen MR) is 81.7 cm³/mol. The number of phenols is 1. The van der Waals surface area contributed by atoms with Crippen molar-refractivity contribution in [1.82, 2.24) is 9.88 Å². The van der Waals surface area contributed by atoms with Crippen molar-refractivity contribution in [3.63, 3.8) is 0 Å². The number of ketones is 1. The third-order valence-electron chi connectivity index (χ3n) is 4.07. The Hall–Kier alpha value is -2.07. The molecule has 4 heteroatoms. The quantitative estimate of drug-likeness (QED) is 0.848. The molecule has 0 bridgehead atoms. The average Bonchev–Trinajstić information content (AvgIpc) is 3.00. The first-order valence-electron chi connectivity index (χ1n) is 7.43. The lowest BCUT2D eigenvalue weighted by molar-refractivity contribution is 0.0980. The van der Waals surface area contributed by atoms with Gasteiger partial charge in [-0.25, -0.2) is 0 Å². The van der Waals surface area contributed by atoms with Gasteiger partial charge in [0.05, 0.1) is 5.69 Å². The predicted octanol–water partition coefficient (Wildman–Crippen LogP) is 2.54. The van der Waals surface area contributed by atoms with Crippen LogP contribution in [0.4, 0.5) is 0 Å². The van der Waals surface area contributed by atoms with Gasteiger partial charge in [-0.2, -0.15) is 0 Å². The average molecular weight is 284 g/mol. The molecule has 0 saturated carbocycles. The summed E-state index contributed by atoms with van der Waals surface area (Å²) in [6, 6.07) is 11.1. The van der Waals surface area contributed by atoms with Crippen molar-refractivity contribution in [3.8, 4) is 5.75 Å². The van der Waals surface area contributed by atoms with Gasteiger partial charge in [-0.1, -0.05) is 12.1 Å². The Balaban J connectivity index is 1.75. The van der Waals surface area contributed by atoms with E-state index in [0.29, 0.717) is 12.5 Å². The van der Waals surface area contributed by atoms with E-state index in [-0.39, 0.29) is 11.5 Å². The highest BCUT2D eigenvalue weighted by atomic mass is 16.3. The van der Waals surface area contributed by atoms with Crippen molar-refractivity contribution >= 4 is 5.78 Å². The first kappa shape index (κ1) is 13.9. The Kier molecular flexibility index (Phi) is 4.06. The number of aromatic hydroxyl groups is 1. The van der Waals surface area contributed by atoms with Crippen LogP contribution in [0.5, 0.6) is 5.75 Å². The molecule has 4 nitrogen and oxygen atoms in total. The number of hydrogen-bond acceptors (Lipinski definition) is 3. The van der Waals surface area contributed by atoms with E-state index in [0.717, 1.165) is 37.2 Å². The molecule has 0 radical (unpaired) electrons. The van der Waals surface area contributed by atoms with E-state index in [1.165, 1.54) is 0 Å². The highest BCUT2D eigenvalue weighted by Crippen LogP contribution is 2.22. The first-order valence-corrected chi connectivity index (χ1v) is 7.43. The topological polar surface area (TPSA) is 54.3 Å². The molecule has 1 aliphatic rings. The smallest absolute Gasteiger partial charge is 0.183 e. The Morgan fingerprint density at radius 3 is 2.62 bits per heavy atom. The molecule has 2 aromatic rings. The molecule has 21 heavy (non-hydrogen) atoms. The molecule has 1 fully saturated rings. The summed E-state index contributed by atoms with van der Waals surface area (Å²) >= 11 is 0. The Labute approximate surface area is 124 Å². The van der Waals surface area contributed by atoms with Crippen LogP contribution in [0.2, 0.25) is 0 Å². The molecule has 0 atom stereocenters. The monoisotopic (exact) mass is 284 g/mol. The molecule has 0 amide bonds. The van der Waals surface area contributed by atoms with Crippen molar-refractivity contribution < 1.29 is 9.90 Å². The fourth-order valence-corrected chi connectivity index (χ4v) is 2.92. The minimum Gasteiger partial charge on any atom is -0.508 e. The van der Waals surface area contributed by atoms with Crippen LogP contribution in [0.3, 0.4) is 0 Å². The number of piperidine rings is 1. The van der Waals surface area contributed by atoms with E-state index in [1.54, 1.807) is 24.3 Å². The maximum absolute atomic E-state index is 12.5. The highest BCUT2D eigenvalue weighted by molar-refractivity contribution is 5.96. The number of nitrogens with one attached hydrogen (secondary N) is 1. The lowest BCUT2D eigenvalue weighted by atomic mass is 10.0. The Morgan fingerprint density at radius 2 is 1.90 bits per heavy atom. The van der Waals surface area contributed by atoms with Crippen molar-refractivity contribution in [1.29, 1.82) is 0 Å². The summed E-state index contributed by atoms with van der Waals surface area (Å²) < 4.78 is 2.13. The van der Waals surface area contributed by atoms with E-state index in [2.05, 4.69) is 9.88 Å². The van der Waals surface area contributed by atoms with Gasteiger partial charge in [0.15, 0.2) is 5.78 Å². The lowest BCUT2D eigenvalue weighted by Gasteiger charge is -2.25. The van der Waals surface area contributed by atoms with Gasteiger partial charge in [0.1, 0.15) is 5.75 Å². The standard InChI is InChI=1S/C17H20N2O2/c20-15-5-3-13(4-6-15)12-17(21)16-2-1-11-19(16)14-7-9-18-10-8-14/h1-6,11,14,18,20H,7-10,12H2.